The van der Waals surface area contributed by atoms with Gasteiger partial charge >= 0.3 is 0 Å². The fourth-order valence-electron chi connectivity index (χ4n) is 1.80. The van der Waals surface area contributed by atoms with E-state index in [9.17, 15) is 0 Å². The molecule has 3 nitrogen and oxygen atoms in total. The van der Waals surface area contributed by atoms with Crippen molar-refractivity contribution in [3.8, 4) is 10.9 Å². The third-order valence-corrected chi connectivity index (χ3v) is 3.74. The highest BCUT2D eigenvalue weighted by molar-refractivity contribution is 7.20. The molecule has 0 aliphatic rings. The van der Waals surface area contributed by atoms with E-state index in [2.05, 4.69) is 18.0 Å². The Balaban J connectivity index is 1.96. The Morgan fingerprint density at radius 1 is 1.21 bits per heavy atom. The molecule has 0 unspecified atom stereocenters. The van der Waals surface area contributed by atoms with Crippen LogP contribution >= 0.6 is 22.9 Å². The first-order valence-electron chi connectivity index (χ1n) is 5.71. The quantitative estimate of drug-likeness (QED) is 0.700. The molecule has 0 saturated heterocycles. The largest absolute Gasteiger partial charge is 0.431 e. The number of aryl methyl sites for hydroxylation is 1. The van der Waals surface area contributed by atoms with Crippen LogP contribution in [0.3, 0.4) is 0 Å². The smallest absolute Gasteiger partial charge is 0.279 e. The molecule has 0 bridgehead atoms. The molecule has 0 fully saturated rings. The zero-order valence-corrected chi connectivity index (χ0v) is 11.8. The van der Waals surface area contributed by atoms with Gasteiger partial charge < -0.3 is 10.5 Å². The Bertz CT molecular complexity index is 734. The van der Waals surface area contributed by atoms with Gasteiger partial charge in [0.1, 0.15) is 5.75 Å². The lowest BCUT2D eigenvalue weighted by Crippen LogP contribution is -1.87. The highest BCUT2D eigenvalue weighted by atomic mass is 35.5. The number of hydrogen-bond acceptors (Lipinski definition) is 4. The van der Waals surface area contributed by atoms with Gasteiger partial charge in [-0.1, -0.05) is 29.0 Å². The van der Waals surface area contributed by atoms with Gasteiger partial charge in [-0.25, -0.2) is 4.98 Å². The molecule has 0 spiro atoms. The maximum absolute atomic E-state index is 5.94. The first-order chi connectivity index (χ1) is 9.10. The fourth-order valence-corrected chi connectivity index (χ4v) is 2.97. The summed E-state index contributed by atoms with van der Waals surface area (Å²) in [5, 5.41) is 1.13. The number of ether oxygens (including phenoxy) is 1. The lowest BCUT2D eigenvalue weighted by Gasteiger charge is -2.03. The van der Waals surface area contributed by atoms with E-state index in [1.54, 1.807) is 18.2 Å². The minimum absolute atomic E-state index is 0.548. The summed E-state index contributed by atoms with van der Waals surface area (Å²) in [4.78, 5) is 4.42. The lowest BCUT2D eigenvalue weighted by atomic mass is 10.2. The highest BCUT2D eigenvalue weighted by Gasteiger charge is 2.07. The van der Waals surface area contributed by atoms with Crippen LogP contribution in [0.1, 0.15) is 5.56 Å². The van der Waals surface area contributed by atoms with Crippen LogP contribution in [0, 0.1) is 6.92 Å². The van der Waals surface area contributed by atoms with Gasteiger partial charge in [-0.15, -0.1) is 0 Å². The van der Waals surface area contributed by atoms with Crippen molar-refractivity contribution in [3.05, 3.63) is 47.0 Å². The summed E-state index contributed by atoms with van der Waals surface area (Å²) >= 11 is 7.44. The van der Waals surface area contributed by atoms with Crippen molar-refractivity contribution < 1.29 is 4.74 Å². The van der Waals surface area contributed by atoms with Crippen molar-refractivity contribution in [1.82, 2.24) is 4.98 Å². The summed E-state index contributed by atoms with van der Waals surface area (Å²) < 4.78 is 6.81. The number of halogens is 1. The number of benzene rings is 2. The van der Waals surface area contributed by atoms with Crippen LogP contribution < -0.4 is 10.5 Å². The van der Waals surface area contributed by atoms with E-state index in [1.807, 2.05) is 12.1 Å². The van der Waals surface area contributed by atoms with Crippen LogP contribution in [0.4, 0.5) is 5.69 Å². The first kappa shape index (κ1) is 12.3. The van der Waals surface area contributed by atoms with Gasteiger partial charge in [0.05, 0.1) is 10.2 Å². The van der Waals surface area contributed by atoms with Crippen LogP contribution in [-0.4, -0.2) is 4.98 Å². The Morgan fingerprint density at radius 2 is 2.05 bits per heavy atom. The second-order valence-electron chi connectivity index (χ2n) is 4.27. The van der Waals surface area contributed by atoms with Gasteiger partial charge in [-0.05, 0) is 36.8 Å². The summed E-state index contributed by atoms with van der Waals surface area (Å²) in [5.74, 6) is 0.598. The van der Waals surface area contributed by atoms with Gasteiger partial charge in [0.15, 0.2) is 0 Å². The molecular formula is C14H11ClN2OS. The van der Waals surface area contributed by atoms with Crippen LogP contribution in [0.2, 0.25) is 5.02 Å². The number of nitrogens with zero attached hydrogens (tertiary/aromatic N) is 1. The maximum atomic E-state index is 5.94. The normalized spacial score (nSPS) is 10.8. The van der Waals surface area contributed by atoms with Gasteiger partial charge in [0, 0.05) is 16.8 Å². The molecule has 3 rings (SSSR count). The molecule has 0 saturated carbocycles. The lowest BCUT2D eigenvalue weighted by molar-refractivity contribution is 0.480. The fraction of sp³-hybridized carbons (Fsp3) is 0.0714. The summed E-state index contributed by atoms with van der Waals surface area (Å²) in [6, 6.07) is 11.2. The first-order valence-corrected chi connectivity index (χ1v) is 6.91. The number of aromatic nitrogens is 1. The molecule has 96 valence electrons. The van der Waals surface area contributed by atoms with Crippen molar-refractivity contribution in [2.24, 2.45) is 0 Å². The van der Waals surface area contributed by atoms with Gasteiger partial charge in [-0.3, -0.25) is 0 Å². The molecule has 0 aliphatic carbocycles. The van der Waals surface area contributed by atoms with Gasteiger partial charge in [0.2, 0.25) is 0 Å². The molecule has 1 heterocycles. The standard InChI is InChI=1S/C14H11ClN2OS/c1-8-2-3-12-13(4-8)19-14(17-12)18-11-6-9(15)5-10(16)7-11/h2-7H,16H2,1H3. The van der Waals surface area contributed by atoms with Crippen LogP contribution in [0.5, 0.6) is 10.9 Å². The summed E-state index contributed by atoms with van der Waals surface area (Å²) in [6.45, 7) is 2.05. The van der Waals surface area contributed by atoms with Gasteiger partial charge in [0.25, 0.3) is 5.19 Å². The predicted octanol–water partition coefficient (Wildman–Crippen LogP) is 4.63. The molecule has 1 aromatic heterocycles. The molecular weight excluding hydrogens is 280 g/mol. The van der Waals surface area contributed by atoms with Crippen LogP contribution in [0.15, 0.2) is 36.4 Å². The molecule has 2 N–H and O–H groups in total. The van der Waals surface area contributed by atoms with Crippen molar-refractivity contribution in [3.63, 3.8) is 0 Å². The highest BCUT2D eigenvalue weighted by Crippen LogP contribution is 2.33. The SMILES string of the molecule is Cc1ccc2nc(Oc3cc(N)cc(Cl)c3)sc2c1. The van der Waals surface area contributed by atoms with E-state index in [0.717, 1.165) is 10.2 Å². The molecule has 5 heteroatoms. The predicted molar refractivity (Wildman–Crippen MR) is 80.3 cm³/mol. The van der Waals surface area contributed by atoms with E-state index in [-0.39, 0.29) is 0 Å². The van der Waals surface area contributed by atoms with Crippen LogP contribution in [-0.2, 0) is 0 Å². The molecule has 0 radical (unpaired) electrons. The van der Waals surface area contributed by atoms with Crippen LogP contribution in [0.25, 0.3) is 10.2 Å². The van der Waals surface area contributed by atoms with Crippen molar-refractivity contribution in [2.75, 3.05) is 5.73 Å². The van der Waals surface area contributed by atoms with Crippen molar-refractivity contribution >= 4 is 38.8 Å². The van der Waals surface area contributed by atoms with E-state index in [1.165, 1.54) is 16.9 Å². The average Bonchev–Trinajstić information content (AvgIpc) is 2.68. The van der Waals surface area contributed by atoms with Crippen molar-refractivity contribution in [1.29, 1.82) is 0 Å². The summed E-state index contributed by atoms with van der Waals surface area (Å²) in [6.07, 6.45) is 0. The minimum Gasteiger partial charge on any atom is -0.431 e. The number of nitrogens with two attached hydrogens (primary N) is 1. The van der Waals surface area contributed by atoms with E-state index in [0.29, 0.717) is 21.7 Å². The molecule has 0 aliphatic heterocycles. The number of rotatable bonds is 2. The molecule has 2 aromatic carbocycles. The molecule has 0 atom stereocenters. The molecule has 0 amide bonds. The Hall–Kier alpha value is -1.78. The topological polar surface area (TPSA) is 48.1 Å². The second-order valence-corrected chi connectivity index (χ2v) is 5.70. The third-order valence-electron chi connectivity index (χ3n) is 2.62. The number of hydrogen-bond donors (Lipinski definition) is 1. The Labute approximate surface area is 119 Å². The minimum atomic E-state index is 0.548. The van der Waals surface area contributed by atoms with E-state index in [4.69, 9.17) is 22.1 Å². The molecule has 3 aromatic rings. The monoisotopic (exact) mass is 290 g/mol. The zero-order valence-electron chi connectivity index (χ0n) is 10.2. The van der Waals surface area contributed by atoms with Crippen molar-refractivity contribution in [2.45, 2.75) is 6.92 Å². The van der Waals surface area contributed by atoms with Gasteiger partial charge in [-0.2, -0.15) is 0 Å². The van der Waals surface area contributed by atoms with E-state index < -0.39 is 0 Å². The number of anilines is 1. The van der Waals surface area contributed by atoms with E-state index >= 15 is 0 Å². The summed E-state index contributed by atoms with van der Waals surface area (Å²) in [5.41, 5.74) is 8.43. The zero-order chi connectivity index (χ0) is 13.4. The average molecular weight is 291 g/mol. The number of fused-ring (bicyclic) bond motifs is 1. The maximum Gasteiger partial charge on any atom is 0.279 e. The summed E-state index contributed by atoms with van der Waals surface area (Å²) in [7, 11) is 0. The Morgan fingerprint density at radius 3 is 2.84 bits per heavy atom. The Kier molecular flexibility index (Phi) is 3.05. The molecule has 19 heavy (non-hydrogen) atoms. The third kappa shape index (κ3) is 2.64. The number of nitrogen functional groups attached to an aromatic ring is 1. The number of thiazole rings is 1. The second kappa shape index (κ2) is 4.72.